The van der Waals surface area contributed by atoms with Crippen molar-refractivity contribution in [2.24, 2.45) is 0 Å². The van der Waals surface area contributed by atoms with E-state index in [9.17, 15) is 4.79 Å². The number of rotatable bonds is 1. The molecule has 0 spiro atoms. The Balaban J connectivity index is 2.42. The topological polar surface area (TPSA) is 37.8 Å². The first kappa shape index (κ1) is 11.1. The fourth-order valence-corrected chi connectivity index (χ4v) is 2.30. The van der Waals surface area contributed by atoms with Crippen molar-refractivity contribution < 1.29 is 0 Å². The van der Waals surface area contributed by atoms with Gasteiger partial charge in [0.2, 0.25) is 0 Å². The average molecular weight is 259 g/mol. The molecule has 0 bridgehead atoms. The van der Waals surface area contributed by atoms with Crippen LogP contribution in [-0.4, -0.2) is 9.55 Å². The highest BCUT2D eigenvalue weighted by molar-refractivity contribution is 6.31. The first-order chi connectivity index (χ1) is 8.66. The largest absolute Gasteiger partial charge is 0.331 e. The molecule has 0 amide bonds. The maximum Gasteiger partial charge on any atom is 0.331 e. The number of fused-ring (bicyclic) bond motifs is 1. The van der Waals surface area contributed by atoms with Crippen molar-refractivity contribution in [3.05, 3.63) is 63.5 Å². The number of aryl methyl sites for hydroxylation is 1. The third-order valence-corrected chi connectivity index (χ3v) is 3.24. The van der Waals surface area contributed by atoms with Gasteiger partial charge >= 0.3 is 5.69 Å². The smallest absolute Gasteiger partial charge is 0.305 e. The van der Waals surface area contributed by atoms with Crippen molar-refractivity contribution >= 4 is 22.6 Å². The lowest BCUT2D eigenvalue weighted by Crippen LogP contribution is -2.15. The number of nitrogens with zero attached hydrogens (tertiary/aromatic N) is 1. The number of aromatic amines is 1. The lowest BCUT2D eigenvalue weighted by Gasteiger charge is -2.06. The number of H-pyrrole nitrogens is 1. The Labute approximate surface area is 109 Å². The summed E-state index contributed by atoms with van der Waals surface area (Å²) in [6, 6.07) is 13.1. The van der Waals surface area contributed by atoms with Crippen molar-refractivity contribution in [3.8, 4) is 5.69 Å². The summed E-state index contributed by atoms with van der Waals surface area (Å²) < 4.78 is 1.65. The van der Waals surface area contributed by atoms with Gasteiger partial charge in [0.1, 0.15) is 0 Å². The van der Waals surface area contributed by atoms with Crippen LogP contribution in [0.1, 0.15) is 5.56 Å². The minimum absolute atomic E-state index is 0.151. The molecule has 0 aliphatic carbocycles. The molecule has 1 heterocycles. The minimum Gasteiger partial charge on any atom is -0.305 e. The lowest BCUT2D eigenvalue weighted by molar-refractivity contribution is 1.00. The molecular weight excluding hydrogens is 248 g/mol. The van der Waals surface area contributed by atoms with Gasteiger partial charge in [-0.1, -0.05) is 29.8 Å². The minimum atomic E-state index is -0.151. The zero-order valence-electron chi connectivity index (χ0n) is 9.77. The fraction of sp³-hybridized carbons (Fsp3) is 0.0714. The Morgan fingerprint density at radius 2 is 1.94 bits per heavy atom. The zero-order chi connectivity index (χ0) is 12.7. The van der Waals surface area contributed by atoms with E-state index in [0.717, 1.165) is 22.3 Å². The van der Waals surface area contributed by atoms with Crippen LogP contribution < -0.4 is 5.69 Å². The van der Waals surface area contributed by atoms with Crippen LogP contribution in [0.5, 0.6) is 0 Å². The van der Waals surface area contributed by atoms with Gasteiger partial charge in [0, 0.05) is 5.02 Å². The van der Waals surface area contributed by atoms with E-state index in [2.05, 4.69) is 4.98 Å². The second-order valence-corrected chi connectivity index (χ2v) is 4.65. The van der Waals surface area contributed by atoms with E-state index < -0.39 is 0 Å². The average Bonchev–Trinajstić information content (AvgIpc) is 2.66. The fourth-order valence-electron chi connectivity index (χ4n) is 2.13. The third kappa shape index (κ3) is 1.64. The Hall–Kier alpha value is -2.00. The summed E-state index contributed by atoms with van der Waals surface area (Å²) in [5.41, 5.74) is 3.34. The van der Waals surface area contributed by atoms with Crippen LogP contribution in [0.4, 0.5) is 0 Å². The molecule has 18 heavy (non-hydrogen) atoms. The molecular formula is C14H11ClN2O. The number of imidazole rings is 1. The molecule has 0 saturated heterocycles. The summed E-state index contributed by atoms with van der Waals surface area (Å²) in [5.74, 6) is 0. The van der Waals surface area contributed by atoms with E-state index in [1.54, 1.807) is 16.7 Å². The van der Waals surface area contributed by atoms with Gasteiger partial charge in [-0.15, -0.1) is 0 Å². The van der Waals surface area contributed by atoms with Gasteiger partial charge in [0.05, 0.1) is 16.7 Å². The SMILES string of the molecule is Cc1ccccc1-n1c(=O)[nH]c2ccc(Cl)cc21. The molecule has 0 saturated carbocycles. The van der Waals surface area contributed by atoms with Gasteiger partial charge in [0.25, 0.3) is 0 Å². The second kappa shape index (κ2) is 4.03. The predicted octanol–water partition coefficient (Wildman–Crippen LogP) is 3.28. The van der Waals surface area contributed by atoms with Crippen LogP contribution in [0.2, 0.25) is 5.02 Å². The number of hydrogen-bond acceptors (Lipinski definition) is 1. The van der Waals surface area contributed by atoms with Crippen molar-refractivity contribution in [1.29, 1.82) is 0 Å². The number of hydrogen-bond donors (Lipinski definition) is 1. The van der Waals surface area contributed by atoms with Crippen molar-refractivity contribution in [2.45, 2.75) is 6.92 Å². The van der Waals surface area contributed by atoms with E-state index in [1.165, 1.54) is 0 Å². The molecule has 90 valence electrons. The lowest BCUT2D eigenvalue weighted by atomic mass is 10.2. The maximum atomic E-state index is 12.1. The molecule has 0 aliphatic heterocycles. The van der Waals surface area contributed by atoms with Gasteiger partial charge < -0.3 is 4.98 Å². The molecule has 3 aromatic rings. The Bertz CT molecular complexity index is 786. The first-order valence-electron chi connectivity index (χ1n) is 5.63. The van der Waals surface area contributed by atoms with E-state index in [0.29, 0.717) is 5.02 Å². The van der Waals surface area contributed by atoms with Gasteiger partial charge in [-0.2, -0.15) is 0 Å². The molecule has 3 nitrogen and oxygen atoms in total. The van der Waals surface area contributed by atoms with Crippen molar-refractivity contribution in [2.75, 3.05) is 0 Å². The van der Waals surface area contributed by atoms with Crippen LogP contribution in [0.25, 0.3) is 16.7 Å². The molecule has 1 aromatic heterocycles. The van der Waals surface area contributed by atoms with Crippen molar-refractivity contribution in [3.63, 3.8) is 0 Å². The van der Waals surface area contributed by atoms with E-state index in [1.807, 2.05) is 37.3 Å². The van der Waals surface area contributed by atoms with Crippen LogP contribution in [-0.2, 0) is 0 Å². The summed E-state index contributed by atoms with van der Waals surface area (Å²) >= 11 is 6.00. The third-order valence-electron chi connectivity index (χ3n) is 3.00. The van der Waals surface area contributed by atoms with Gasteiger partial charge in [0.15, 0.2) is 0 Å². The van der Waals surface area contributed by atoms with E-state index in [-0.39, 0.29) is 5.69 Å². The molecule has 4 heteroatoms. The molecule has 1 N–H and O–H groups in total. The number of benzene rings is 2. The van der Waals surface area contributed by atoms with E-state index >= 15 is 0 Å². The first-order valence-corrected chi connectivity index (χ1v) is 6.01. The number of nitrogens with one attached hydrogen (secondary N) is 1. The maximum absolute atomic E-state index is 12.1. The molecule has 0 aliphatic rings. The van der Waals surface area contributed by atoms with E-state index in [4.69, 9.17) is 11.6 Å². The quantitative estimate of drug-likeness (QED) is 0.715. The zero-order valence-corrected chi connectivity index (χ0v) is 10.5. The summed E-state index contributed by atoms with van der Waals surface area (Å²) in [7, 11) is 0. The van der Waals surface area contributed by atoms with Crippen LogP contribution >= 0.6 is 11.6 Å². The summed E-state index contributed by atoms with van der Waals surface area (Å²) in [5, 5.41) is 0.615. The molecule has 0 fully saturated rings. The highest BCUT2D eigenvalue weighted by atomic mass is 35.5. The van der Waals surface area contributed by atoms with Gasteiger partial charge in [-0.25, -0.2) is 4.79 Å². The monoisotopic (exact) mass is 258 g/mol. The van der Waals surface area contributed by atoms with Gasteiger partial charge in [-0.3, -0.25) is 4.57 Å². The molecule has 0 radical (unpaired) electrons. The Morgan fingerprint density at radius 1 is 1.17 bits per heavy atom. The second-order valence-electron chi connectivity index (χ2n) is 4.21. The molecule has 0 unspecified atom stereocenters. The highest BCUT2D eigenvalue weighted by Gasteiger charge is 2.10. The molecule has 3 rings (SSSR count). The molecule has 2 aromatic carbocycles. The summed E-state index contributed by atoms with van der Waals surface area (Å²) in [6.45, 7) is 1.98. The number of para-hydroxylation sites is 1. The van der Waals surface area contributed by atoms with Crippen LogP contribution in [0.15, 0.2) is 47.3 Å². The Morgan fingerprint density at radius 3 is 2.72 bits per heavy atom. The molecule has 0 atom stereocenters. The summed E-state index contributed by atoms with van der Waals surface area (Å²) in [6.07, 6.45) is 0. The summed E-state index contributed by atoms with van der Waals surface area (Å²) in [4.78, 5) is 14.9. The Kier molecular flexibility index (Phi) is 2.49. The number of aromatic nitrogens is 2. The van der Waals surface area contributed by atoms with Gasteiger partial charge in [-0.05, 0) is 36.8 Å². The number of halogens is 1. The predicted molar refractivity (Wildman–Crippen MR) is 73.6 cm³/mol. The van der Waals surface area contributed by atoms with Crippen molar-refractivity contribution in [1.82, 2.24) is 9.55 Å². The van der Waals surface area contributed by atoms with Crippen LogP contribution in [0.3, 0.4) is 0 Å². The standard InChI is InChI=1S/C14H11ClN2O/c1-9-4-2-3-5-12(9)17-13-8-10(15)6-7-11(13)16-14(17)18/h2-8H,1H3,(H,16,18). The van der Waals surface area contributed by atoms with Crippen LogP contribution in [0, 0.1) is 6.92 Å². The normalized spacial score (nSPS) is 11.0. The highest BCUT2D eigenvalue weighted by Crippen LogP contribution is 2.21.